The van der Waals surface area contributed by atoms with Gasteiger partial charge in [-0.05, 0) is 81.4 Å². The molecule has 0 aromatic heterocycles. The Hall–Kier alpha value is -2.53. The normalized spacial score (nSPS) is 17.4. The highest BCUT2D eigenvalue weighted by Gasteiger charge is 2.19. The van der Waals surface area contributed by atoms with Gasteiger partial charge in [-0.1, -0.05) is 12.1 Å². The predicted octanol–water partition coefficient (Wildman–Crippen LogP) is 4.86. The summed E-state index contributed by atoms with van der Waals surface area (Å²) < 4.78 is 11.6. The molecule has 1 aliphatic carbocycles. The summed E-state index contributed by atoms with van der Waals surface area (Å²) in [6.07, 6.45) is 7.32. The molecular formula is C24H30N2O3. The van der Waals surface area contributed by atoms with E-state index >= 15 is 0 Å². The molecule has 1 amide bonds. The highest BCUT2D eigenvalue weighted by atomic mass is 16.5. The van der Waals surface area contributed by atoms with Crippen molar-refractivity contribution in [1.82, 2.24) is 4.90 Å². The van der Waals surface area contributed by atoms with Crippen molar-refractivity contribution < 1.29 is 14.3 Å². The molecule has 1 saturated carbocycles. The van der Waals surface area contributed by atoms with Crippen LogP contribution in [0.2, 0.25) is 0 Å². The summed E-state index contributed by atoms with van der Waals surface area (Å²) in [5.41, 5.74) is 2.57. The zero-order valence-corrected chi connectivity index (χ0v) is 17.2. The van der Waals surface area contributed by atoms with Gasteiger partial charge in [0.05, 0.1) is 13.2 Å². The summed E-state index contributed by atoms with van der Waals surface area (Å²) in [6.45, 7) is 3.20. The van der Waals surface area contributed by atoms with E-state index in [2.05, 4.69) is 16.3 Å². The Bertz CT molecular complexity index is 840. The molecule has 4 rings (SSSR count). The number of nitrogens with one attached hydrogen (secondary N) is 1. The zero-order chi connectivity index (χ0) is 20.1. The van der Waals surface area contributed by atoms with Gasteiger partial charge in [0.1, 0.15) is 0 Å². The third kappa shape index (κ3) is 5.10. The van der Waals surface area contributed by atoms with Gasteiger partial charge in [-0.3, -0.25) is 9.69 Å². The smallest absolute Gasteiger partial charge is 0.255 e. The molecule has 1 aliphatic heterocycles. The van der Waals surface area contributed by atoms with E-state index in [0.717, 1.165) is 32.5 Å². The van der Waals surface area contributed by atoms with Crippen LogP contribution in [-0.4, -0.2) is 37.1 Å². The van der Waals surface area contributed by atoms with Gasteiger partial charge in [-0.2, -0.15) is 0 Å². The second-order valence-electron chi connectivity index (χ2n) is 8.03. The van der Waals surface area contributed by atoms with Gasteiger partial charge in [0, 0.05) is 23.9 Å². The maximum atomic E-state index is 12.8. The Morgan fingerprint density at radius 1 is 1.03 bits per heavy atom. The third-order valence-corrected chi connectivity index (χ3v) is 5.81. The molecule has 29 heavy (non-hydrogen) atoms. The number of hydrogen-bond acceptors (Lipinski definition) is 4. The lowest BCUT2D eigenvalue weighted by molar-refractivity contribution is 0.102. The van der Waals surface area contributed by atoms with Crippen LogP contribution in [0, 0.1) is 0 Å². The maximum Gasteiger partial charge on any atom is 0.255 e. The molecule has 1 heterocycles. The highest BCUT2D eigenvalue weighted by molar-refractivity contribution is 6.04. The number of methoxy groups -OCH3 is 1. The van der Waals surface area contributed by atoms with Gasteiger partial charge in [0.25, 0.3) is 5.91 Å². The van der Waals surface area contributed by atoms with Crippen LogP contribution >= 0.6 is 0 Å². The van der Waals surface area contributed by atoms with E-state index in [9.17, 15) is 4.79 Å². The number of anilines is 1. The molecular weight excluding hydrogens is 364 g/mol. The topological polar surface area (TPSA) is 50.8 Å². The first-order valence-electron chi connectivity index (χ1n) is 10.7. The minimum Gasteiger partial charge on any atom is -0.493 e. The van der Waals surface area contributed by atoms with Crippen molar-refractivity contribution in [2.24, 2.45) is 0 Å². The molecule has 1 saturated heterocycles. The Morgan fingerprint density at radius 3 is 2.59 bits per heavy atom. The summed E-state index contributed by atoms with van der Waals surface area (Å²) in [4.78, 5) is 15.3. The lowest BCUT2D eigenvalue weighted by Crippen LogP contribution is -2.19. The molecule has 154 valence electrons. The van der Waals surface area contributed by atoms with Gasteiger partial charge in [-0.25, -0.2) is 0 Å². The molecule has 2 aromatic rings. The zero-order valence-electron chi connectivity index (χ0n) is 17.2. The van der Waals surface area contributed by atoms with E-state index < -0.39 is 0 Å². The van der Waals surface area contributed by atoms with Gasteiger partial charge in [0.2, 0.25) is 0 Å². The van der Waals surface area contributed by atoms with E-state index in [-0.39, 0.29) is 12.0 Å². The van der Waals surface area contributed by atoms with Crippen LogP contribution in [0.4, 0.5) is 5.69 Å². The van der Waals surface area contributed by atoms with E-state index in [4.69, 9.17) is 9.47 Å². The summed E-state index contributed by atoms with van der Waals surface area (Å²) in [6, 6.07) is 13.5. The number of carbonyl (C=O) groups excluding carboxylic acids is 1. The molecule has 2 aliphatic rings. The van der Waals surface area contributed by atoms with Crippen molar-refractivity contribution in [3.05, 3.63) is 53.6 Å². The molecule has 0 bridgehead atoms. The lowest BCUT2D eigenvalue weighted by atomic mass is 10.1. The number of likely N-dealkylation sites (tertiary alicyclic amines) is 1. The van der Waals surface area contributed by atoms with Crippen LogP contribution in [0.15, 0.2) is 42.5 Å². The molecule has 5 nitrogen and oxygen atoms in total. The Kier molecular flexibility index (Phi) is 6.35. The number of rotatable bonds is 7. The monoisotopic (exact) mass is 394 g/mol. The van der Waals surface area contributed by atoms with Crippen LogP contribution in [0.1, 0.15) is 54.4 Å². The Balaban J connectivity index is 1.44. The van der Waals surface area contributed by atoms with Crippen LogP contribution in [0.25, 0.3) is 0 Å². The van der Waals surface area contributed by atoms with Crippen LogP contribution in [-0.2, 0) is 6.54 Å². The molecule has 1 N–H and O–H groups in total. The predicted molar refractivity (Wildman–Crippen MR) is 115 cm³/mol. The van der Waals surface area contributed by atoms with Crippen LogP contribution < -0.4 is 14.8 Å². The minimum atomic E-state index is -0.106. The summed E-state index contributed by atoms with van der Waals surface area (Å²) in [5.74, 6) is 1.28. The number of benzene rings is 2. The van der Waals surface area contributed by atoms with Gasteiger partial charge in [-0.15, -0.1) is 0 Å². The van der Waals surface area contributed by atoms with E-state index in [1.54, 1.807) is 7.11 Å². The maximum absolute atomic E-state index is 12.8. The van der Waals surface area contributed by atoms with Gasteiger partial charge >= 0.3 is 0 Å². The largest absolute Gasteiger partial charge is 0.493 e. The fourth-order valence-electron chi connectivity index (χ4n) is 4.25. The summed E-state index contributed by atoms with van der Waals surface area (Å²) >= 11 is 0. The Morgan fingerprint density at radius 2 is 1.83 bits per heavy atom. The SMILES string of the molecule is COc1ccc(NC(=O)c2cccc(CN3CCCC3)c2)cc1OC1CCCC1. The molecule has 0 spiro atoms. The molecule has 0 unspecified atom stereocenters. The van der Waals surface area contributed by atoms with Crippen LogP contribution in [0.3, 0.4) is 0 Å². The second kappa shape index (κ2) is 9.31. The first-order chi connectivity index (χ1) is 14.2. The van der Waals surface area contributed by atoms with Crippen LogP contribution in [0.5, 0.6) is 11.5 Å². The third-order valence-electron chi connectivity index (χ3n) is 5.81. The number of hydrogen-bond donors (Lipinski definition) is 1. The number of carbonyl (C=O) groups is 1. The van der Waals surface area contributed by atoms with Gasteiger partial charge < -0.3 is 14.8 Å². The highest BCUT2D eigenvalue weighted by Crippen LogP contribution is 2.34. The van der Waals surface area contributed by atoms with Crippen molar-refractivity contribution in [2.75, 3.05) is 25.5 Å². The molecule has 2 aromatic carbocycles. The van der Waals surface area contributed by atoms with E-state index in [0.29, 0.717) is 22.7 Å². The first kappa shape index (κ1) is 19.8. The summed E-state index contributed by atoms with van der Waals surface area (Å²) in [7, 11) is 1.64. The molecule has 0 radical (unpaired) electrons. The van der Waals surface area contributed by atoms with Crippen molar-refractivity contribution in [3.63, 3.8) is 0 Å². The number of amides is 1. The standard InChI is InChI=1S/C24H30N2O3/c1-28-22-12-11-20(16-23(22)29-21-9-2-3-10-21)25-24(27)19-8-6-7-18(15-19)17-26-13-4-5-14-26/h6-8,11-12,15-16,21H,2-5,9-10,13-14,17H2,1H3,(H,25,27). The summed E-state index contributed by atoms with van der Waals surface area (Å²) in [5, 5.41) is 3.01. The van der Waals surface area contributed by atoms with Crippen molar-refractivity contribution in [3.8, 4) is 11.5 Å². The lowest BCUT2D eigenvalue weighted by Gasteiger charge is -2.17. The van der Waals surface area contributed by atoms with Crippen molar-refractivity contribution in [2.45, 2.75) is 51.2 Å². The average molecular weight is 395 g/mol. The second-order valence-corrected chi connectivity index (χ2v) is 8.03. The number of nitrogens with zero attached hydrogens (tertiary/aromatic N) is 1. The Labute approximate surface area is 173 Å². The van der Waals surface area contributed by atoms with E-state index in [1.807, 2.05) is 36.4 Å². The van der Waals surface area contributed by atoms with Crippen molar-refractivity contribution in [1.29, 1.82) is 0 Å². The minimum absolute atomic E-state index is 0.106. The first-order valence-corrected chi connectivity index (χ1v) is 10.7. The fourth-order valence-corrected chi connectivity index (χ4v) is 4.25. The molecule has 2 fully saturated rings. The quantitative estimate of drug-likeness (QED) is 0.728. The average Bonchev–Trinajstić information content (AvgIpc) is 3.43. The van der Waals surface area contributed by atoms with Crippen molar-refractivity contribution >= 4 is 11.6 Å². The van der Waals surface area contributed by atoms with E-state index in [1.165, 1.54) is 31.2 Å². The molecule has 0 atom stereocenters. The molecule has 5 heteroatoms. The van der Waals surface area contributed by atoms with Gasteiger partial charge in [0.15, 0.2) is 11.5 Å². The number of ether oxygens (including phenoxy) is 2. The fraction of sp³-hybridized carbons (Fsp3) is 0.458.